The van der Waals surface area contributed by atoms with Crippen LogP contribution in [0.3, 0.4) is 0 Å². The molecule has 3 aliphatic rings. The van der Waals surface area contributed by atoms with Crippen LogP contribution in [0.2, 0.25) is 0 Å². The van der Waals surface area contributed by atoms with Gasteiger partial charge in [0.25, 0.3) is 5.91 Å². The molecule has 0 radical (unpaired) electrons. The number of nitrogens with zero attached hydrogens (tertiary/aromatic N) is 7. The number of amidine groups is 1. The summed E-state index contributed by atoms with van der Waals surface area (Å²) in [4.78, 5) is 59.4. The largest absolute Gasteiger partial charge is 0.491 e. The standard InChI is InChI=1S/C31H33N9O7/c1-45-25-23(46-16-2-10-38-12-14-39(15-13-38)31(44)47-21-5-3-19(4-6-21)28(42)43)8-7-22-24(25)36-30(40-11-9-33-26(22)40)37-27(41)20-17-34-29(32)35-18-20/h3-8,17-18H,2,9-16H2,1H3,(H,42,43)(H2,32,34,35)(H,36,37,41). The van der Waals surface area contributed by atoms with E-state index in [2.05, 4.69) is 25.2 Å². The van der Waals surface area contributed by atoms with Crippen molar-refractivity contribution in [3.8, 4) is 17.2 Å². The van der Waals surface area contributed by atoms with Crippen molar-refractivity contribution in [2.24, 2.45) is 9.98 Å². The molecule has 47 heavy (non-hydrogen) atoms. The Balaban J connectivity index is 1.02. The number of carbonyl (C=O) groups is 3. The van der Waals surface area contributed by atoms with Gasteiger partial charge in [0.15, 0.2) is 11.5 Å². The maximum Gasteiger partial charge on any atom is 0.415 e. The Hall–Kier alpha value is -5.77. The second kappa shape index (κ2) is 13.7. The number of methoxy groups -OCH3 is 1. The fourth-order valence-electron chi connectivity index (χ4n) is 5.38. The first kappa shape index (κ1) is 31.2. The number of amides is 2. The van der Waals surface area contributed by atoms with Crippen LogP contribution in [-0.4, -0.2) is 119 Å². The molecule has 3 aliphatic heterocycles. The molecule has 2 amide bonds. The van der Waals surface area contributed by atoms with Gasteiger partial charge in [0.05, 0.1) is 31.4 Å². The normalized spacial score (nSPS) is 15.6. The van der Waals surface area contributed by atoms with E-state index in [0.717, 1.165) is 18.5 Å². The van der Waals surface area contributed by atoms with Crippen LogP contribution in [0.15, 0.2) is 58.8 Å². The van der Waals surface area contributed by atoms with Gasteiger partial charge in [-0.2, -0.15) is 0 Å². The van der Waals surface area contributed by atoms with E-state index in [4.69, 9.17) is 30.0 Å². The summed E-state index contributed by atoms with van der Waals surface area (Å²) in [6.07, 6.45) is 2.96. The van der Waals surface area contributed by atoms with E-state index >= 15 is 0 Å². The van der Waals surface area contributed by atoms with Gasteiger partial charge in [-0.1, -0.05) is 0 Å². The topological polar surface area (TPSA) is 197 Å². The predicted octanol–water partition coefficient (Wildman–Crippen LogP) is 1.84. The lowest BCUT2D eigenvalue weighted by atomic mass is 10.1. The van der Waals surface area contributed by atoms with E-state index in [0.29, 0.717) is 80.6 Å². The number of nitrogen functional groups attached to an aromatic ring is 1. The lowest BCUT2D eigenvalue weighted by Gasteiger charge is -2.34. The van der Waals surface area contributed by atoms with Crippen molar-refractivity contribution in [2.45, 2.75) is 6.42 Å². The third-order valence-corrected chi connectivity index (χ3v) is 7.83. The number of benzene rings is 2. The van der Waals surface area contributed by atoms with Gasteiger partial charge in [0.2, 0.25) is 11.9 Å². The van der Waals surface area contributed by atoms with E-state index in [1.54, 1.807) is 12.0 Å². The first-order valence-electron chi connectivity index (χ1n) is 15.0. The summed E-state index contributed by atoms with van der Waals surface area (Å²) >= 11 is 0. The minimum absolute atomic E-state index is 0.0710. The predicted molar refractivity (Wildman–Crippen MR) is 170 cm³/mol. The number of ether oxygens (including phenoxy) is 3. The van der Waals surface area contributed by atoms with E-state index in [1.807, 2.05) is 17.0 Å². The summed E-state index contributed by atoms with van der Waals surface area (Å²) in [5.74, 6) is 0.836. The quantitative estimate of drug-likeness (QED) is 0.287. The minimum atomic E-state index is -1.04. The Morgan fingerprint density at radius 3 is 2.43 bits per heavy atom. The molecule has 1 saturated heterocycles. The number of nitrogens with two attached hydrogens (primary N) is 1. The zero-order chi connectivity index (χ0) is 32.9. The van der Waals surface area contributed by atoms with Gasteiger partial charge >= 0.3 is 12.1 Å². The summed E-state index contributed by atoms with van der Waals surface area (Å²) in [7, 11) is 1.54. The molecule has 1 aromatic heterocycles. The van der Waals surface area contributed by atoms with Gasteiger partial charge in [-0.3, -0.25) is 24.9 Å². The zero-order valence-corrected chi connectivity index (χ0v) is 25.6. The third kappa shape index (κ3) is 6.91. The fourth-order valence-corrected chi connectivity index (χ4v) is 5.38. The molecule has 3 aromatic rings. The summed E-state index contributed by atoms with van der Waals surface area (Å²) in [6.45, 7) is 4.67. The molecule has 0 unspecified atom stereocenters. The Morgan fingerprint density at radius 1 is 0.979 bits per heavy atom. The fraction of sp³-hybridized carbons (Fsp3) is 0.323. The lowest BCUT2D eigenvalue weighted by Crippen LogP contribution is -2.49. The number of aromatic nitrogens is 2. The smallest absolute Gasteiger partial charge is 0.415 e. The average molecular weight is 644 g/mol. The number of anilines is 1. The van der Waals surface area contributed by atoms with Crippen molar-refractivity contribution < 1.29 is 33.7 Å². The molecular formula is C31H33N9O7. The molecule has 244 valence electrons. The van der Waals surface area contributed by atoms with Gasteiger partial charge < -0.3 is 30.0 Å². The number of nitrogens with one attached hydrogen (secondary N) is 1. The monoisotopic (exact) mass is 643 g/mol. The third-order valence-electron chi connectivity index (χ3n) is 7.83. The molecule has 4 heterocycles. The summed E-state index contributed by atoms with van der Waals surface area (Å²) in [5.41, 5.74) is 7.19. The summed E-state index contributed by atoms with van der Waals surface area (Å²) < 4.78 is 17.3. The van der Waals surface area contributed by atoms with E-state index in [9.17, 15) is 14.4 Å². The van der Waals surface area contributed by atoms with Crippen LogP contribution in [0.4, 0.5) is 16.4 Å². The number of piperazine rings is 1. The number of carbonyl (C=O) groups excluding carboxylic acids is 2. The van der Waals surface area contributed by atoms with Gasteiger partial charge in [-0.25, -0.2) is 24.5 Å². The van der Waals surface area contributed by atoms with Gasteiger partial charge in [0, 0.05) is 57.2 Å². The van der Waals surface area contributed by atoms with Crippen molar-refractivity contribution in [3.63, 3.8) is 0 Å². The maximum absolute atomic E-state index is 12.9. The molecule has 6 rings (SSSR count). The van der Waals surface area contributed by atoms with Crippen LogP contribution in [0.1, 0.15) is 32.7 Å². The zero-order valence-electron chi connectivity index (χ0n) is 25.6. The van der Waals surface area contributed by atoms with Crippen LogP contribution in [0, 0.1) is 0 Å². The molecule has 4 N–H and O–H groups in total. The highest BCUT2D eigenvalue weighted by molar-refractivity contribution is 6.20. The van der Waals surface area contributed by atoms with Crippen LogP contribution in [0.25, 0.3) is 0 Å². The molecule has 16 heteroatoms. The highest BCUT2D eigenvalue weighted by Crippen LogP contribution is 2.43. The molecule has 0 bridgehead atoms. The Morgan fingerprint density at radius 2 is 1.72 bits per heavy atom. The van der Waals surface area contributed by atoms with Gasteiger partial charge in [0.1, 0.15) is 17.3 Å². The molecular weight excluding hydrogens is 610 g/mol. The van der Waals surface area contributed by atoms with Crippen LogP contribution in [0.5, 0.6) is 17.2 Å². The van der Waals surface area contributed by atoms with E-state index in [1.165, 1.54) is 36.7 Å². The molecule has 0 atom stereocenters. The molecule has 1 fully saturated rings. The van der Waals surface area contributed by atoms with E-state index < -0.39 is 18.0 Å². The second-order valence-corrected chi connectivity index (χ2v) is 10.8. The molecule has 0 aliphatic carbocycles. The van der Waals surface area contributed by atoms with Crippen molar-refractivity contribution >= 4 is 41.4 Å². The van der Waals surface area contributed by atoms with Gasteiger partial charge in [-0.15, -0.1) is 0 Å². The summed E-state index contributed by atoms with van der Waals surface area (Å²) in [5, 5.41) is 11.9. The van der Waals surface area contributed by atoms with Crippen molar-refractivity contribution in [2.75, 3.05) is 65.3 Å². The van der Waals surface area contributed by atoms with Crippen molar-refractivity contribution in [1.29, 1.82) is 0 Å². The van der Waals surface area contributed by atoms with Crippen LogP contribution < -0.4 is 25.3 Å². The number of hydrogen-bond acceptors (Lipinski definition) is 13. The lowest BCUT2D eigenvalue weighted by molar-refractivity contribution is 0.0696. The highest BCUT2D eigenvalue weighted by Gasteiger charge is 2.33. The van der Waals surface area contributed by atoms with Gasteiger partial charge in [-0.05, 0) is 42.8 Å². The molecule has 0 saturated carbocycles. The average Bonchev–Trinajstić information content (AvgIpc) is 3.58. The molecule has 2 aromatic carbocycles. The van der Waals surface area contributed by atoms with Crippen LogP contribution >= 0.6 is 0 Å². The Bertz CT molecular complexity index is 1720. The SMILES string of the molecule is COc1c(OCCCN2CCN(C(=O)Oc3ccc(C(=O)O)cc3)CC2)ccc2c1N=C(NC(=O)c1cnc(N)nc1)N1CCN=C21. The first-order valence-corrected chi connectivity index (χ1v) is 15.0. The minimum Gasteiger partial charge on any atom is -0.491 e. The molecule has 16 nitrogen and oxygen atoms in total. The number of guanidine groups is 1. The number of carboxylic acids is 1. The maximum atomic E-state index is 12.9. The number of hydrogen-bond donors (Lipinski definition) is 3. The number of aliphatic imine (C=N–C) groups is 2. The number of carboxylic acid groups (broad SMARTS) is 1. The number of rotatable bonds is 9. The molecule has 0 spiro atoms. The number of aromatic carboxylic acids is 1. The Kier molecular flexibility index (Phi) is 9.10. The van der Waals surface area contributed by atoms with E-state index in [-0.39, 0.29) is 17.1 Å². The number of fused-ring (bicyclic) bond motifs is 3. The van der Waals surface area contributed by atoms with Crippen molar-refractivity contribution in [1.82, 2.24) is 30.0 Å². The second-order valence-electron chi connectivity index (χ2n) is 10.8. The Labute approximate surface area is 269 Å². The highest BCUT2D eigenvalue weighted by atomic mass is 16.6. The van der Waals surface area contributed by atoms with Crippen LogP contribution in [-0.2, 0) is 0 Å². The van der Waals surface area contributed by atoms with Crippen molar-refractivity contribution in [3.05, 3.63) is 65.5 Å². The first-order chi connectivity index (χ1) is 22.8. The summed E-state index contributed by atoms with van der Waals surface area (Å²) in [6, 6.07) is 9.45.